The third-order valence-electron chi connectivity index (χ3n) is 10.4. The molecule has 236 valence electrons. The second-order valence-corrected chi connectivity index (χ2v) is 13.0. The van der Waals surface area contributed by atoms with E-state index in [9.17, 15) is 10.2 Å². The van der Waals surface area contributed by atoms with Gasteiger partial charge >= 0.3 is 0 Å². The molecule has 4 atom stereocenters. The fourth-order valence-corrected chi connectivity index (χ4v) is 6.77. The average Bonchev–Trinajstić information content (AvgIpc) is 3.04. The van der Waals surface area contributed by atoms with Crippen molar-refractivity contribution in [3.63, 3.8) is 0 Å². The fraction of sp³-hybridized carbons (Fsp3) is 0.684. The minimum absolute atomic E-state index is 0.0209. The van der Waals surface area contributed by atoms with Gasteiger partial charge in [0.15, 0.2) is 0 Å². The van der Waals surface area contributed by atoms with Crippen LogP contribution in [0.15, 0.2) is 24.3 Å². The molecule has 0 radical (unpaired) electrons. The third-order valence-corrected chi connectivity index (χ3v) is 10.4. The highest BCUT2D eigenvalue weighted by Crippen LogP contribution is 2.51. The van der Waals surface area contributed by atoms with Gasteiger partial charge in [-0.25, -0.2) is 0 Å². The van der Waals surface area contributed by atoms with E-state index in [1.54, 1.807) is 0 Å². The number of benzene rings is 2. The molecule has 0 spiro atoms. The van der Waals surface area contributed by atoms with E-state index in [0.29, 0.717) is 36.9 Å². The molecular weight excluding hydrogens is 520 g/mol. The Hall–Kier alpha value is -2.04. The number of aliphatic hydroxyl groups excluding tert-OH is 2. The minimum Gasteiger partial charge on any atom is -0.491 e. The predicted octanol–water partition coefficient (Wildman–Crippen LogP) is 9.73. The van der Waals surface area contributed by atoms with Crippen molar-refractivity contribution in [3.05, 3.63) is 57.6 Å². The number of ether oxygens (including phenoxy) is 2. The number of rotatable bonds is 16. The maximum atomic E-state index is 9.66. The lowest BCUT2D eigenvalue weighted by Crippen LogP contribution is -2.32. The monoisotopic (exact) mass is 580 g/mol. The van der Waals surface area contributed by atoms with Gasteiger partial charge in [0.25, 0.3) is 0 Å². The lowest BCUT2D eigenvalue weighted by atomic mass is 9.63. The molecule has 1 aliphatic rings. The molecule has 0 aromatic heterocycles. The van der Waals surface area contributed by atoms with Crippen LogP contribution in [0.4, 0.5) is 0 Å². The van der Waals surface area contributed by atoms with Crippen LogP contribution in [0.25, 0.3) is 0 Å². The molecule has 1 saturated carbocycles. The number of aliphatic hydroxyl groups is 2. The summed E-state index contributed by atoms with van der Waals surface area (Å²) in [5, 5.41) is 19.3. The lowest BCUT2D eigenvalue weighted by molar-refractivity contribution is 0.198. The van der Waals surface area contributed by atoms with Crippen LogP contribution in [0.2, 0.25) is 0 Å². The Morgan fingerprint density at radius 3 is 1.14 bits per heavy atom. The van der Waals surface area contributed by atoms with Crippen molar-refractivity contribution in [3.8, 4) is 11.5 Å². The van der Waals surface area contributed by atoms with Gasteiger partial charge in [-0.2, -0.15) is 0 Å². The van der Waals surface area contributed by atoms with E-state index >= 15 is 0 Å². The highest BCUT2D eigenvalue weighted by Gasteiger charge is 2.39. The van der Waals surface area contributed by atoms with Crippen LogP contribution in [-0.2, 0) is 5.41 Å². The summed E-state index contributed by atoms with van der Waals surface area (Å²) in [7, 11) is 0. The first kappa shape index (κ1) is 34.5. The van der Waals surface area contributed by atoms with Crippen LogP contribution in [-0.4, -0.2) is 36.6 Å². The van der Waals surface area contributed by atoms with Gasteiger partial charge in [-0.05, 0) is 95.6 Å². The van der Waals surface area contributed by atoms with Gasteiger partial charge in [0, 0.05) is 5.41 Å². The van der Waals surface area contributed by atoms with Gasteiger partial charge in [-0.1, -0.05) is 98.9 Å². The molecule has 0 heterocycles. The van der Waals surface area contributed by atoms with Crippen LogP contribution in [0.5, 0.6) is 11.5 Å². The third kappa shape index (κ3) is 7.36. The Balaban J connectivity index is 2.40. The minimum atomic E-state index is -0.0713. The molecule has 2 aromatic carbocycles. The van der Waals surface area contributed by atoms with E-state index in [1.807, 2.05) is 0 Å². The van der Waals surface area contributed by atoms with E-state index in [0.717, 1.165) is 50.0 Å². The van der Waals surface area contributed by atoms with Crippen molar-refractivity contribution in [2.45, 2.75) is 142 Å². The summed E-state index contributed by atoms with van der Waals surface area (Å²) in [5.74, 6) is 3.45. The molecule has 0 bridgehead atoms. The first-order valence-corrected chi connectivity index (χ1v) is 17.1. The topological polar surface area (TPSA) is 58.9 Å². The van der Waals surface area contributed by atoms with E-state index in [4.69, 9.17) is 9.47 Å². The Morgan fingerprint density at radius 2 is 0.881 bits per heavy atom. The molecule has 2 N–H and O–H groups in total. The predicted molar refractivity (Wildman–Crippen MR) is 177 cm³/mol. The van der Waals surface area contributed by atoms with E-state index in [1.165, 1.54) is 52.6 Å². The molecule has 1 aliphatic carbocycles. The van der Waals surface area contributed by atoms with E-state index in [-0.39, 0.29) is 18.6 Å². The van der Waals surface area contributed by atoms with Crippen LogP contribution in [0.3, 0.4) is 0 Å². The van der Waals surface area contributed by atoms with Crippen molar-refractivity contribution in [2.75, 3.05) is 26.4 Å². The summed E-state index contributed by atoms with van der Waals surface area (Å²) in [4.78, 5) is 0. The summed E-state index contributed by atoms with van der Waals surface area (Å²) in [6.45, 7) is 19.0. The Morgan fingerprint density at radius 1 is 0.571 bits per heavy atom. The quantitative estimate of drug-likeness (QED) is 0.207. The summed E-state index contributed by atoms with van der Waals surface area (Å²) in [6, 6.07) is 9.89. The Labute approximate surface area is 257 Å². The van der Waals surface area contributed by atoms with Crippen LogP contribution in [0, 0.1) is 0 Å². The molecule has 42 heavy (non-hydrogen) atoms. The standard InChI is InChI=1S/C38H60O4/c1-9-26(5)32-22-30(23-33(27(6)10-2)36(32)41-20-18-39)38(16-14-13-15-17-38)31-24-34(28(7)11-3)37(42-21-19-40)35(25-31)29(8)12-4/h22-29,39-40H,9-21H2,1-8H3. The molecule has 4 nitrogen and oxygen atoms in total. The van der Waals surface area contributed by atoms with Crippen LogP contribution in [0.1, 0.15) is 170 Å². The van der Waals surface area contributed by atoms with Crippen molar-refractivity contribution in [1.82, 2.24) is 0 Å². The summed E-state index contributed by atoms with van der Waals surface area (Å²) < 4.78 is 12.7. The first-order chi connectivity index (χ1) is 20.2. The Kier molecular flexibility index (Phi) is 13.2. The highest BCUT2D eigenvalue weighted by atomic mass is 16.5. The van der Waals surface area contributed by atoms with Crippen molar-refractivity contribution < 1.29 is 19.7 Å². The zero-order valence-electron chi connectivity index (χ0n) is 28.0. The van der Waals surface area contributed by atoms with Crippen LogP contribution >= 0.6 is 0 Å². The first-order valence-electron chi connectivity index (χ1n) is 17.1. The van der Waals surface area contributed by atoms with E-state index < -0.39 is 0 Å². The zero-order chi connectivity index (χ0) is 30.9. The maximum Gasteiger partial charge on any atom is 0.126 e. The number of hydrogen-bond acceptors (Lipinski definition) is 4. The normalized spacial score (nSPS) is 17.9. The lowest BCUT2D eigenvalue weighted by Gasteiger charge is -2.41. The second-order valence-electron chi connectivity index (χ2n) is 13.0. The average molecular weight is 581 g/mol. The maximum absolute atomic E-state index is 9.66. The molecule has 1 fully saturated rings. The molecular formula is C38H60O4. The fourth-order valence-electron chi connectivity index (χ4n) is 6.77. The largest absolute Gasteiger partial charge is 0.491 e. The van der Waals surface area contributed by atoms with Gasteiger partial charge in [-0.3, -0.25) is 0 Å². The van der Waals surface area contributed by atoms with Gasteiger partial charge in [0.05, 0.1) is 13.2 Å². The molecule has 0 amide bonds. The van der Waals surface area contributed by atoms with E-state index in [2.05, 4.69) is 79.7 Å². The summed E-state index contributed by atoms with van der Waals surface area (Å²) >= 11 is 0. The summed E-state index contributed by atoms with van der Waals surface area (Å²) in [5.41, 5.74) is 7.94. The number of hydrogen-bond donors (Lipinski definition) is 2. The molecule has 0 saturated heterocycles. The van der Waals surface area contributed by atoms with Gasteiger partial charge in [-0.15, -0.1) is 0 Å². The SMILES string of the molecule is CCC(C)c1cc(C2(c3cc(C(C)CC)c(OCCO)c(C(C)CC)c3)CCCCC2)cc(C(C)CC)c1OCCO. The summed E-state index contributed by atoms with van der Waals surface area (Å²) in [6.07, 6.45) is 10.2. The second kappa shape index (κ2) is 16.1. The van der Waals surface area contributed by atoms with Crippen molar-refractivity contribution in [1.29, 1.82) is 0 Å². The smallest absolute Gasteiger partial charge is 0.126 e. The molecule has 4 heteroatoms. The zero-order valence-corrected chi connectivity index (χ0v) is 28.0. The van der Waals surface area contributed by atoms with Crippen molar-refractivity contribution in [2.24, 2.45) is 0 Å². The van der Waals surface area contributed by atoms with Gasteiger partial charge < -0.3 is 19.7 Å². The van der Waals surface area contributed by atoms with Gasteiger partial charge in [0.1, 0.15) is 24.7 Å². The molecule has 0 aliphatic heterocycles. The van der Waals surface area contributed by atoms with Crippen molar-refractivity contribution >= 4 is 0 Å². The molecule has 4 unspecified atom stereocenters. The molecule has 3 rings (SSSR count). The Bertz CT molecular complexity index is 973. The highest BCUT2D eigenvalue weighted by molar-refractivity contribution is 5.56. The van der Waals surface area contributed by atoms with Gasteiger partial charge in [0.2, 0.25) is 0 Å². The molecule has 2 aromatic rings. The van der Waals surface area contributed by atoms with Crippen LogP contribution < -0.4 is 9.47 Å².